The number of fused-ring (bicyclic) bond motifs is 3. The normalized spacial score (nSPS) is 19.7. The maximum atomic E-state index is 2.38. The van der Waals surface area contributed by atoms with E-state index in [-0.39, 0.29) is 30.2 Å². The molecule has 0 heterocycles. The fraction of sp³-hybridized carbons (Fsp3) is 0.304. The van der Waals surface area contributed by atoms with Crippen molar-refractivity contribution >= 4 is 5.57 Å². The molecule has 1 atom stereocenters. The van der Waals surface area contributed by atoms with E-state index in [0.717, 1.165) is 0 Å². The second kappa shape index (κ2) is 7.32. The van der Waals surface area contributed by atoms with Crippen LogP contribution in [0.25, 0.3) is 16.7 Å². The number of allylic oxidation sites excluding steroid dienone is 4. The first-order valence-corrected chi connectivity index (χ1v) is 9.59. The Morgan fingerprint density at radius 2 is 1.35 bits per heavy atom. The standard InChI is InChI=1S/C23H23.2ClH.Ti/c1-14-15(2)22(23(4,5)16(14)3)20-12-8-11-19-18-10-7-6-9-17(18)13-21(19)20;;;/h6-13H,1-5H3;2*1H;/q;;;+2/p-2. The van der Waals surface area contributed by atoms with Crippen molar-refractivity contribution in [1.82, 2.24) is 0 Å². The van der Waals surface area contributed by atoms with Crippen LogP contribution in [0.1, 0.15) is 55.5 Å². The van der Waals surface area contributed by atoms with E-state index in [1.165, 1.54) is 50.1 Å². The van der Waals surface area contributed by atoms with Gasteiger partial charge in [-0.1, -0.05) is 0 Å². The maximum Gasteiger partial charge on any atom is -1.00 e. The zero-order valence-corrected chi connectivity index (χ0v) is 18.9. The SMILES string of the molecule is CC1=C(C)C(C)(C)C(c2cccc3c2[CH]([Ti+2])c2ccccc2-3)=C1C.[Cl-].[Cl-]. The summed E-state index contributed by atoms with van der Waals surface area (Å²) >= 11 is 2.36. The van der Waals surface area contributed by atoms with Crippen molar-refractivity contribution in [3.8, 4) is 11.1 Å². The Balaban J connectivity index is 0.00000121. The molecule has 26 heavy (non-hydrogen) atoms. The molecule has 0 N–H and O–H groups in total. The second-order valence-corrected chi connectivity index (χ2v) is 8.56. The summed E-state index contributed by atoms with van der Waals surface area (Å²) in [5.41, 5.74) is 13.4. The molecule has 2 aliphatic rings. The van der Waals surface area contributed by atoms with Crippen molar-refractivity contribution in [3.63, 3.8) is 0 Å². The first-order valence-electron chi connectivity index (χ1n) is 8.69. The van der Waals surface area contributed by atoms with Gasteiger partial charge in [-0.3, -0.25) is 0 Å². The van der Waals surface area contributed by atoms with Crippen LogP contribution < -0.4 is 24.8 Å². The molecule has 0 bridgehead atoms. The minimum absolute atomic E-state index is 0. The fourth-order valence-electron chi connectivity index (χ4n) is 4.61. The van der Waals surface area contributed by atoms with Gasteiger partial charge in [-0.05, 0) is 0 Å². The molecular formula is C23H23Cl2Ti. The van der Waals surface area contributed by atoms with Crippen LogP contribution >= 0.6 is 0 Å². The van der Waals surface area contributed by atoms with Crippen LogP contribution in [0.5, 0.6) is 0 Å². The number of rotatable bonds is 1. The Labute approximate surface area is 181 Å². The van der Waals surface area contributed by atoms with Gasteiger partial charge in [0.1, 0.15) is 0 Å². The Bertz CT molecular complexity index is 935. The average Bonchev–Trinajstić information content (AvgIpc) is 2.94. The number of halogens is 2. The summed E-state index contributed by atoms with van der Waals surface area (Å²) in [6.45, 7) is 11.6. The molecule has 0 aromatic heterocycles. The summed E-state index contributed by atoms with van der Waals surface area (Å²) < 4.78 is 0.463. The Kier molecular flexibility index (Phi) is 6.06. The molecule has 4 rings (SSSR count). The summed E-state index contributed by atoms with van der Waals surface area (Å²) in [6, 6.07) is 15.8. The zero-order valence-electron chi connectivity index (χ0n) is 15.9. The third-order valence-corrected chi connectivity index (χ3v) is 7.23. The van der Waals surface area contributed by atoms with Crippen LogP contribution in [0, 0.1) is 5.41 Å². The van der Waals surface area contributed by atoms with Gasteiger partial charge < -0.3 is 24.8 Å². The quantitative estimate of drug-likeness (QED) is 0.591. The van der Waals surface area contributed by atoms with Gasteiger partial charge in [-0.25, -0.2) is 0 Å². The monoisotopic (exact) mass is 417 g/mol. The van der Waals surface area contributed by atoms with Crippen LogP contribution in [0.4, 0.5) is 0 Å². The van der Waals surface area contributed by atoms with Gasteiger partial charge >= 0.3 is 157 Å². The summed E-state index contributed by atoms with van der Waals surface area (Å²) in [6.07, 6.45) is 0. The Hall–Kier alpha value is -0.786. The van der Waals surface area contributed by atoms with Crippen molar-refractivity contribution in [3.05, 3.63) is 75.9 Å². The van der Waals surface area contributed by atoms with E-state index in [4.69, 9.17) is 0 Å². The third kappa shape index (κ3) is 2.78. The molecule has 3 heteroatoms. The van der Waals surface area contributed by atoms with E-state index in [1.807, 2.05) is 0 Å². The average molecular weight is 418 g/mol. The molecule has 0 radical (unpaired) electrons. The van der Waals surface area contributed by atoms with Crippen LogP contribution in [0.2, 0.25) is 0 Å². The molecule has 133 valence electrons. The van der Waals surface area contributed by atoms with Crippen LogP contribution in [0.15, 0.2) is 59.2 Å². The molecule has 2 aliphatic carbocycles. The molecule has 0 saturated carbocycles. The van der Waals surface area contributed by atoms with E-state index >= 15 is 0 Å². The smallest absolute Gasteiger partial charge is 1.00 e. The number of hydrogen-bond donors (Lipinski definition) is 0. The molecule has 2 aromatic carbocycles. The van der Waals surface area contributed by atoms with Gasteiger partial charge in [0.05, 0.1) is 0 Å². The number of benzene rings is 2. The predicted octanol–water partition coefficient (Wildman–Crippen LogP) is 0.461. The summed E-state index contributed by atoms with van der Waals surface area (Å²) in [5, 5.41) is 0. The molecule has 0 aliphatic heterocycles. The second-order valence-electron chi connectivity index (χ2n) is 7.66. The topological polar surface area (TPSA) is 0 Å². The molecule has 2 aromatic rings. The van der Waals surface area contributed by atoms with Crippen LogP contribution in [-0.2, 0) is 20.4 Å². The molecule has 1 unspecified atom stereocenters. The van der Waals surface area contributed by atoms with Crippen LogP contribution in [-0.4, -0.2) is 0 Å². The molecular weight excluding hydrogens is 395 g/mol. The van der Waals surface area contributed by atoms with Gasteiger partial charge in [-0.15, -0.1) is 0 Å². The number of hydrogen-bond acceptors (Lipinski definition) is 0. The van der Waals surface area contributed by atoms with E-state index in [0.29, 0.717) is 4.22 Å². The first kappa shape index (κ1) is 21.5. The predicted molar refractivity (Wildman–Crippen MR) is 98.5 cm³/mol. The van der Waals surface area contributed by atoms with Gasteiger partial charge in [0.2, 0.25) is 0 Å². The minimum Gasteiger partial charge on any atom is -1.00 e. The van der Waals surface area contributed by atoms with E-state index in [1.54, 1.807) is 0 Å². The minimum atomic E-state index is 0. The van der Waals surface area contributed by atoms with Crippen LogP contribution in [0.3, 0.4) is 0 Å². The van der Waals surface area contributed by atoms with Gasteiger partial charge in [-0.2, -0.15) is 0 Å². The van der Waals surface area contributed by atoms with Crippen molar-refractivity contribution in [2.45, 2.75) is 38.8 Å². The third-order valence-electron chi connectivity index (χ3n) is 6.29. The molecule has 0 amide bonds. The van der Waals surface area contributed by atoms with Crippen molar-refractivity contribution in [1.29, 1.82) is 0 Å². The largest absolute Gasteiger partial charge is 1.00 e. The maximum absolute atomic E-state index is 2.38. The Morgan fingerprint density at radius 3 is 1.96 bits per heavy atom. The van der Waals surface area contributed by atoms with Crippen molar-refractivity contribution in [2.24, 2.45) is 5.41 Å². The van der Waals surface area contributed by atoms with E-state index in [9.17, 15) is 0 Å². The van der Waals surface area contributed by atoms with Gasteiger partial charge in [0, 0.05) is 0 Å². The van der Waals surface area contributed by atoms with E-state index in [2.05, 4.69) is 97.5 Å². The van der Waals surface area contributed by atoms with Crippen molar-refractivity contribution in [2.75, 3.05) is 0 Å². The first-order chi connectivity index (χ1) is 11.4. The fourth-order valence-corrected chi connectivity index (χ4v) is 5.49. The zero-order chi connectivity index (χ0) is 17.2. The van der Waals surface area contributed by atoms with Gasteiger partial charge in [0.25, 0.3) is 0 Å². The summed E-state index contributed by atoms with van der Waals surface area (Å²) in [5.74, 6) is 0. The van der Waals surface area contributed by atoms with Crippen molar-refractivity contribution < 1.29 is 45.2 Å². The van der Waals surface area contributed by atoms with Gasteiger partial charge in [0.15, 0.2) is 0 Å². The summed E-state index contributed by atoms with van der Waals surface area (Å²) in [4.78, 5) is 0. The Morgan fingerprint density at radius 1 is 0.769 bits per heavy atom. The molecule has 0 nitrogen and oxygen atoms in total. The molecule has 0 fully saturated rings. The molecule has 0 saturated heterocycles. The molecule has 0 spiro atoms. The summed E-state index contributed by atoms with van der Waals surface area (Å²) in [7, 11) is 0. The van der Waals surface area contributed by atoms with E-state index < -0.39 is 0 Å².